The molecule has 1 spiro atoms. The molecule has 1 unspecified atom stereocenters. The fourth-order valence-electron chi connectivity index (χ4n) is 5.21. The van der Waals surface area contributed by atoms with E-state index in [1.807, 2.05) is 30.0 Å². The van der Waals surface area contributed by atoms with Gasteiger partial charge in [-0.05, 0) is 35.6 Å². The van der Waals surface area contributed by atoms with Gasteiger partial charge in [0.2, 0.25) is 11.8 Å². The molecule has 4 rings (SSSR count). The Morgan fingerprint density at radius 2 is 1.63 bits per heavy atom. The number of nitrogens with one attached hydrogen (secondary N) is 1. The molecule has 2 heterocycles. The standard InChI is InChI=1S/C29H39N3O3/c1-21(30-22(2)33)32-19-16-29(35-26-9-7-6-8-25(26)32)14-17-31(18-15-29)27(34)20-23-10-12-24(13-11-23)28(3,4)5/h6-13,21H,14-20H2,1-5H3,(H,30,33). The normalized spacial score (nSPS) is 18.3. The number of para-hydroxylation sites is 2. The van der Waals surface area contributed by atoms with Crippen molar-refractivity contribution in [2.75, 3.05) is 24.5 Å². The molecule has 0 aliphatic carbocycles. The number of rotatable bonds is 4. The maximum atomic E-state index is 13.1. The van der Waals surface area contributed by atoms with Crippen molar-refractivity contribution >= 4 is 17.5 Å². The maximum Gasteiger partial charge on any atom is 0.226 e. The first kappa shape index (κ1) is 25.1. The van der Waals surface area contributed by atoms with Crippen LogP contribution in [0.3, 0.4) is 0 Å². The van der Waals surface area contributed by atoms with Crippen molar-refractivity contribution in [3.05, 3.63) is 59.7 Å². The zero-order chi connectivity index (χ0) is 25.2. The van der Waals surface area contributed by atoms with Crippen LogP contribution in [0.5, 0.6) is 5.75 Å². The highest BCUT2D eigenvalue weighted by Gasteiger charge is 2.41. The first-order valence-electron chi connectivity index (χ1n) is 12.8. The van der Waals surface area contributed by atoms with Crippen molar-refractivity contribution in [1.82, 2.24) is 10.2 Å². The lowest BCUT2D eigenvalue weighted by atomic mass is 9.86. The van der Waals surface area contributed by atoms with Crippen molar-refractivity contribution in [3.63, 3.8) is 0 Å². The van der Waals surface area contributed by atoms with Gasteiger partial charge in [0.25, 0.3) is 0 Å². The summed E-state index contributed by atoms with van der Waals surface area (Å²) in [4.78, 5) is 28.9. The van der Waals surface area contributed by atoms with Crippen LogP contribution in [0.1, 0.15) is 65.0 Å². The summed E-state index contributed by atoms with van der Waals surface area (Å²) in [6.45, 7) is 12.3. The van der Waals surface area contributed by atoms with Crippen molar-refractivity contribution in [2.45, 2.75) is 77.5 Å². The first-order valence-corrected chi connectivity index (χ1v) is 12.8. The molecule has 0 bridgehead atoms. The summed E-state index contributed by atoms with van der Waals surface area (Å²) in [6.07, 6.45) is 2.76. The van der Waals surface area contributed by atoms with Crippen LogP contribution in [0, 0.1) is 0 Å². The summed E-state index contributed by atoms with van der Waals surface area (Å²) in [7, 11) is 0. The number of carbonyl (C=O) groups is 2. The van der Waals surface area contributed by atoms with Gasteiger partial charge in [-0.25, -0.2) is 0 Å². The third-order valence-corrected chi connectivity index (χ3v) is 7.39. The number of piperidine rings is 1. The Morgan fingerprint density at radius 1 is 1.00 bits per heavy atom. The molecular formula is C29H39N3O3. The highest BCUT2D eigenvalue weighted by Crippen LogP contribution is 2.41. The van der Waals surface area contributed by atoms with Crippen LogP contribution in [-0.4, -0.2) is 48.1 Å². The number of hydrogen-bond acceptors (Lipinski definition) is 4. The van der Waals surface area contributed by atoms with Gasteiger partial charge >= 0.3 is 0 Å². The largest absolute Gasteiger partial charge is 0.485 e. The van der Waals surface area contributed by atoms with Crippen molar-refractivity contribution in [2.24, 2.45) is 0 Å². The molecule has 1 fully saturated rings. The quantitative estimate of drug-likeness (QED) is 0.696. The molecule has 0 saturated carbocycles. The van der Waals surface area contributed by atoms with E-state index in [-0.39, 0.29) is 29.0 Å². The molecule has 2 aliphatic heterocycles. The molecule has 2 amide bonds. The zero-order valence-electron chi connectivity index (χ0n) is 21.8. The molecule has 1 saturated heterocycles. The maximum absolute atomic E-state index is 13.1. The molecule has 0 radical (unpaired) electrons. The lowest BCUT2D eigenvalue weighted by Gasteiger charge is -2.41. The smallest absolute Gasteiger partial charge is 0.226 e. The first-order chi connectivity index (χ1) is 16.6. The van der Waals surface area contributed by atoms with E-state index in [0.29, 0.717) is 19.5 Å². The second kappa shape index (κ2) is 9.92. The number of anilines is 1. The minimum absolute atomic E-state index is 0.0465. The third kappa shape index (κ3) is 5.80. The molecule has 0 aromatic heterocycles. The van der Waals surface area contributed by atoms with Gasteiger partial charge in [-0.1, -0.05) is 57.2 Å². The Balaban J connectivity index is 1.41. The minimum atomic E-state index is -0.300. The fraction of sp³-hybridized carbons (Fsp3) is 0.517. The lowest BCUT2D eigenvalue weighted by Crippen LogP contribution is -2.51. The Hall–Kier alpha value is -3.02. The van der Waals surface area contributed by atoms with Crippen LogP contribution in [0.25, 0.3) is 0 Å². The van der Waals surface area contributed by atoms with Crippen molar-refractivity contribution in [1.29, 1.82) is 0 Å². The van der Waals surface area contributed by atoms with Gasteiger partial charge < -0.3 is 19.9 Å². The van der Waals surface area contributed by atoms with E-state index in [1.54, 1.807) is 6.92 Å². The Morgan fingerprint density at radius 3 is 2.26 bits per heavy atom. The summed E-state index contributed by atoms with van der Waals surface area (Å²) >= 11 is 0. The molecule has 35 heavy (non-hydrogen) atoms. The minimum Gasteiger partial charge on any atom is -0.485 e. The van der Waals surface area contributed by atoms with E-state index in [4.69, 9.17) is 4.74 Å². The van der Waals surface area contributed by atoms with Gasteiger partial charge in [0.1, 0.15) is 11.4 Å². The Labute approximate surface area is 209 Å². The molecule has 2 aromatic carbocycles. The van der Waals surface area contributed by atoms with Gasteiger partial charge in [0.05, 0.1) is 18.3 Å². The number of carbonyl (C=O) groups excluding carboxylic acids is 2. The SMILES string of the molecule is CC(=O)NC(C)N1CCC2(CCN(C(=O)Cc3ccc(C(C)(C)C)cc3)CC2)Oc2ccccc21. The van der Waals surface area contributed by atoms with Gasteiger partial charge in [0.15, 0.2) is 0 Å². The summed E-state index contributed by atoms with van der Waals surface area (Å²) in [5.41, 5.74) is 3.15. The number of amides is 2. The number of nitrogens with zero attached hydrogens (tertiary/aromatic N) is 2. The van der Waals surface area contributed by atoms with Crippen LogP contribution in [0.15, 0.2) is 48.5 Å². The van der Waals surface area contributed by atoms with Crippen LogP contribution < -0.4 is 15.0 Å². The number of ether oxygens (including phenoxy) is 1. The van der Waals surface area contributed by atoms with E-state index in [0.717, 1.165) is 42.8 Å². The summed E-state index contributed by atoms with van der Waals surface area (Å²) in [6, 6.07) is 16.5. The zero-order valence-corrected chi connectivity index (χ0v) is 21.8. The van der Waals surface area contributed by atoms with Crippen molar-refractivity contribution < 1.29 is 14.3 Å². The molecule has 2 aliphatic rings. The van der Waals surface area contributed by atoms with Crippen molar-refractivity contribution in [3.8, 4) is 5.75 Å². The number of hydrogen-bond donors (Lipinski definition) is 1. The number of fused-ring (bicyclic) bond motifs is 1. The van der Waals surface area contributed by atoms with Gasteiger partial charge in [0, 0.05) is 45.8 Å². The molecular weight excluding hydrogens is 438 g/mol. The highest BCUT2D eigenvalue weighted by molar-refractivity contribution is 5.79. The second-order valence-electron chi connectivity index (χ2n) is 11.1. The average Bonchev–Trinajstić information content (AvgIpc) is 2.95. The number of benzene rings is 2. The van der Waals surface area contributed by atoms with Gasteiger partial charge in [-0.15, -0.1) is 0 Å². The molecule has 1 atom stereocenters. The van der Waals surface area contributed by atoms with E-state index >= 15 is 0 Å². The van der Waals surface area contributed by atoms with Crippen LogP contribution in [0.2, 0.25) is 0 Å². The van der Waals surface area contributed by atoms with Gasteiger partial charge in [-0.2, -0.15) is 0 Å². The molecule has 2 aromatic rings. The van der Waals surface area contributed by atoms with E-state index in [2.05, 4.69) is 61.3 Å². The molecule has 6 heteroatoms. The summed E-state index contributed by atoms with van der Waals surface area (Å²) in [5, 5.41) is 3.01. The third-order valence-electron chi connectivity index (χ3n) is 7.39. The predicted octanol–water partition coefficient (Wildman–Crippen LogP) is 4.66. The second-order valence-corrected chi connectivity index (χ2v) is 11.1. The lowest BCUT2D eigenvalue weighted by molar-refractivity contribution is -0.134. The number of likely N-dealkylation sites (tertiary alicyclic amines) is 1. The monoisotopic (exact) mass is 477 g/mol. The van der Waals surface area contributed by atoms with Gasteiger partial charge in [-0.3, -0.25) is 9.59 Å². The van der Waals surface area contributed by atoms with Crippen LogP contribution in [0.4, 0.5) is 5.69 Å². The fourth-order valence-corrected chi connectivity index (χ4v) is 5.21. The molecule has 6 nitrogen and oxygen atoms in total. The van der Waals surface area contributed by atoms with Crippen LogP contribution >= 0.6 is 0 Å². The Bertz CT molecular complexity index is 1050. The molecule has 188 valence electrons. The average molecular weight is 478 g/mol. The Kier molecular flexibility index (Phi) is 7.11. The van der Waals surface area contributed by atoms with E-state index < -0.39 is 0 Å². The van der Waals surface area contributed by atoms with E-state index in [9.17, 15) is 9.59 Å². The summed E-state index contributed by atoms with van der Waals surface area (Å²) < 4.78 is 6.67. The van der Waals surface area contributed by atoms with E-state index in [1.165, 1.54) is 5.56 Å². The topological polar surface area (TPSA) is 61.9 Å². The highest BCUT2D eigenvalue weighted by atomic mass is 16.5. The summed E-state index contributed by atoms with van der Waals surface area (Å²) in [5.74, 6) is 0.980. The molecule has 1 N–H and O–H groups in total. The van der Waals surface area contributed by atoms with Crippen LogP contribution in [-0.2, 0) is 21.4 Å². The predicted molar refractivity (Wildman–Crippen MR) is 140 cm³/mol.